The summed E-state index contributed by atoms with van der Waals surface area (Å²) in [6, 6.07) is -1.81. The van der Waals surface area contributed by atoms with Crippen LogP contribution in [0.4, 0.5) is 0 Å². The molecule has 0 fully saturated rings. The third-order valence-corrected chi connectivity index (χ3v) is 2.26. The van der Waals surface area contributed by atoms with Gasteiger partial charge in [0.05, 0.1) is 31.3 Å². The predicted molar refractivity (Wildman–Crippen MR) is 58.6 cm³/mol. The second-order valence-electron chi connectivity index (χ2n) is 4.04. The molecule has 1 atom stereocenters. The van der Waals surface area contributed by atoms with Crippen molar-refractivity contribution in [1.82, 2.24) is 0 Å². The molecule has 0 aromatic carbocycles. The Labute approximate surface area is 116 Å². The third-order valence-electron chi connectivity index (χ3n) is 2.26. The van der Waals surface area contributed by atoms with Crippen LogP contribution < -0.4 is 10.8 Å². The van der Waals surface area contributed by atoms with E-state index in [4.69, 9.17) is 21.1 Å². The number of hydrogen-bond donors (Lipinski definition) is 4. The summed E-state index contributed by atoms with van der Waals surface area (Å²) in [5, 5.41) is 36.5. The third kappa shape index (κ3) is 5.86. The van der Waals surface area contributed by atoms with Gasteiger partial charge in [-0.05, 0) is 0 Å². The summed E-state index contributed by atoms with van der Waals surface area (Å²) in [6.45, 7) is 0. The van der Waals surface area contributed by atoms with E-state index in [2.05, 4.69) is 4.74 Å². The molecular weight excluding hydrogens is 294 g/mol. The van der Waals surface area contributed by atoms with E-state index in [1.807, 2.05) is 0 Å². The molecular formula is C10H12NO10-. The number of rotatable bonds is 9. The van der Waals surface area contributed by atoms with Crippen molar-refractivity contribution in [2.45, 2.75) is 30.9 Å². The number of nitrogens with two attached hydrogens (primary N) is 1. The number of aliphatic carboxylic acids is 4. The Morgan fingerprint density at radius 1 is 1.05 bits per heavy atom. The van der Waals surface area contributed by atoms with Crippen LogP contribution in [-0.4, -0.2) is 56.8 Å². The molecule has 0 radical (unpaired) electrons. The van der Waals surface area contributed by atoms with E-state index in [-0.39, 0.29) is 0 Å². The lowest BCUT2D eigenvalue weighted by Crippen LogP contribution is -2.49. The first kappa shape index (κ1) is 18.3. The second kappa shape index (κ2) is 7.19. The fourth-order valence-corrected chi connectivity index (χ4v) is 1.34. The smallest absolute Gasteiger partial charge is 0.349 e. The quantitative estimate of drug-likeness (QED) is 0.311. The van der Waals surface area contributed by atoms with Crippen LogP contribution in [0.3, 0.4) is 0 Å². The van der Waals surface area contributed by atoms with Crippen LogP contribution >= 0.6 is 0 Å². The molecule has 0 saturated heterocycles. The number of carbonyl (C=O) groups is 5. The lowest BCUT2D eigenvalue weighted by atomic mass is 9.95. The lowest BCUT2D eigenvalue weighted by molar-refractivity contribution is -0.307. The molecule has 5 N–H and O–H groups in total. The minimum absolute atomic E-state index is 1.00. The van der Waals surface area contributed by atoms with E-state index in [0.717, 1.165) is 0 Å². The Hall–Kier alpha value is -2.69. The molecule has 118 valence electrons. The summed E-state index contributed by atoms with van der Waals surface area (Å²) in [6.07, 6.45) is -3.64. The molecule has 0 bridgehead atoms. The average molecular weight is 306 g/mol. The predicted octanol–water partition coefficient (Wildman–Crippen LogP) is -3.23. The molecule has 0 spiro atoms. The normalized spacial score (nSPS) is 12.2. The molecule has 0 heterocycles. The topological polar surface area (TPSA) is 204 Å². The van der Waals surface area contributed by atoms with E-state index in [9.17, 15) is 29.1 Å². The van der Waals surface area contributed by atoms with Crippen molar-refractivity contribution in [2.24, 2.45) is 5.73 Å². The molecule has 0 saturated carbocycles. The first-order valence-corrected chi connectivity index (χ1v) is 5.35. The Morgan fingerprint density at radius 3 is 1.76 bits per heavy atom. The minimum Gasteiger partial charge on any atom is -0.548 e. The Morgan fingerprint density at radius 2 is 1.48 bits per heavy atom. The summed E-state index contributed by atoms with van der Waals surface area (Å²) < 4.78 is 4.37. The highest BCUT2D eigenvalue weighted by Crippen LogP contribution is 2.23. The van der Waals surface area contributed by atoms with E-state index in [1.165, 1.54) is 0 Å². The molecule has 0 aliphatic rings. The zero-order chi connectivity index (χ0) is 16.8. The zero-order valence-corrected chi connectivity index (χ0v) is 10.5. The molecule has 0 aliphatic heterocycles. The maximum absolute atomic E-state index is 11.4. The number of carboxylic acid groups (broad SMARTS) is 4. The largest absolute Gasteiger partial charge is 0.548 e. The van der Waals surface area contributed by atoms with Crippen LogP contribution in [0, 0.1) is 0 Å². The van der Waals surface area contributed by atoms with Gasteiger partial charge in [0.15, 0.2) is 0 Å². The molecule has 0 aliphatic carbocycles. The second-order valence-corrected chi connectivity index (χ2v) is 4.04. The van der Waals surface area contributed by atoms with Gasteiger partial charge in [-0.15, -0.1) is 0 Å². The number of hydrogen-bond acceptors (Lipinski definition) is 8. The van der Waals surface area contributed by atoms with Crippen LogP contribution in [0.25, 0.3) is 0 Å². The maximum atomic E-state index is 11.4. The zero-order valence-electron chi connectivity index (χ0n) is 10.5. The van der Waals surface area contributed by atoms with E-state index in [1.54, 1.807) is 0 Å². The highest BCUT2D eigenvalue weighted by molar-refractivity contribution is 5.91. The summed E-state index contributed by atoms with van der Waals surface area (Å²) in [5.41, 5.74) is 2.11. The van der Waals surface area contributed by atoms with E-state index < -0.39 is 60.8 Å². The molecule has 11 heteroatoms. The number of carboxylic acids is 4. The van der Waals surface area contributed by atoms with Crippen LogP contribution in [0.15, 0.2) is 0 Å². The van der Waals surface area contributed by atoms with Crippen molar-refractivity contribution in [3.05, 3.63) is 0 Å². The Balaban J connectivity index is 5.24. The molecule has 21 heavy (non-hydrogen) atoms. The van der Waals surface area contributed by atoms with Crippen LogP contribution in [-0.2, 0) is 28.7 Å². The molecule has 0 rings (SSSR count). The van der Waals surface area contributed by atoms with E-state index >= 15 is 0 Å². The Kier molecular flexibility index (Phi) is 6.27. The van der Waals surface area contributed by atoms with Crippen molar-refractivity contribution in [3.8, 4) is 0 Å². The first-order chi connectivity index (χ1) is 9.50. The van der Waals surface area contributed by atoms with Gasteiger partial charge < -0.3 is 35.7 Å². The van der Waals surface area contributed by atoms with Crippen molar-refractivity contribution < 1.29 is 49.1 Å². The summed E-state index contributed by atoms with van der Waals surface area (Å²) in [5.74, 6) is -8.74. The van der Waals surface area contributed by atoms with Crippen molar-refractivity contribution in [3.63, 3.8) is 0 Å². The van der Waals surface area contributed by atoms with Gasteiger partial charge in [0, 0.05) is 0 Å². The van der Waals surface area contributed by atoms with Gasteiger partial charge in [0.1, 0.15) is 0 Å². The van der Waals surface area contributed by atoms with Gasteiger partial charge in [-0.25, -0.2) is 4.79 Å². The van der Waals surface area contributed by atoms with Gasteiger partial charge in [-0.2, -0.15) is 0 Å². The summed E-state index contributed by atoms with van der Waals surface area (Å²) >= 11 is 0. The highest BCUT2D eigenvalue weighted by atomic mass is 16.6. The standard InChI is InChI=1S/C10H13NO10/c11-4(8(17)18)1-7(16)21-10(9(19)20,2-5(12)13)3-6(14)15/h4H,1-3,11H2,(H,12,13)(H,14,15)(H,17,18)(H,19,20)/p-1. The molecule has 1 unspecified atom stereocenters. The molecule has 11 nitrogen and oxygen atoms in total. The fraction of sp³-hybridized carbons (Fsp3) is 0.500. The van der Waals surface area contributed by atoms with Crippen LogP contribution in [0.5, 0.6) is 0 Å². The lowest BCUT2D eigenvalue weighted by Gasteiger charge is -2.26. The number of esters is 1. The first-order valence-electron chi connectivity index (χ1n) is 5.35. The van der Waals surface area contributed by atoms with Crippen LogP contribution in [0.2, 0.25) is 0 Å². The molecule has 0 aromatic heterocycles. The highest BCUT2D eigenvalue weighted by Gasteiger charge is 2.47. The molecule has 0 aromatic rings. The van der Waals surface area contributed by atoms with Gasteiger partial charge in [0.2, 0.25) is 5.60 Å². The maximum Gasteiger partial charge on any atom is 0.349 e. The van der Waals surface area contributed by atoms with Gasteiger partial charge >= 0.3 is 23.9 Å². The number of ether oxygens (including phenoxy) is 1. The minimum atomic E-state index is -2.86. The van der Waals surface area contributed by atoms with Gasteiger partial charge in [0.25, 0.3) is 0 Å². The van der Waals surface area contributed by atoms with E-state index in [0.29, 0.717) is 0 Å². The van der Waals surface area contributed by atoms with Crippen LogP contribution in [0.1, 0.15) is 19.3 Å². The molecule has 0 amide bonds. The Bertz CT molecular complexity index is 454. The van der Waals surface area contributed by atoms with Crippen molar-refractivity contribution in [1.29, 1.82) is 0 Å². The van der Waals surface area contributed by atoms with Crippen molar-refractivity contribution in [2.75, 3.05) is 0 Å². The summed E-state index contributed by atoms with van der Waals surface area (Å²) in [7, 11) is 0. The van der Waals surface area contributed by atoms with Crippen molar-refractivity contribution >= 4 is 29.8 Å². The average Bonchev–Trinajstić information content (AvgIpc) is 2.25. The fourth-order valence-electron chi connectivity index (χ4n) is 1.34. The number of carbonyl (C=O) groups excluding carboxylic acids is 2. The van der Waals surface area contributed by atoms with Gasteiger partial charge in [-0.1, -0.05) is 0 Å². The van der Waals surface area contributed by atoms with Gasteiger partial charge in [-0.3, -0.25) is 14.4 Å². The summed E-state index contributed by atoms with van der Waals surface area (Å²) in [4.78, 5) is 54.1. The monoisotopic (exact) mass is 306 g/mol. The SMILES string of the molecule is NC(CC(=O)OC(CC(=O)O)(CC(=O)O)C(=O)O)C(=O)[O-].